The molecule has 0 spiro atoms. The van der Waals surface area contributed by atoms with Gasteiger partial charge in [0.05, 0.1) is 12.1 Å². The lowest BCUT2D eigenvalue weighted by Gasteiger charge is -2.22. The fourth-order valence-corrected chi connectivity index (χ4v) is 4.79. The predicted molar refractivity (Wildman–Crippen MR) is 99.2 cm³/mol. The van der Waals surface area contributed by atoms with Crippen LogP contribution in [0, 0.1) is 11.5 Å². The summed E-state index contributed by atoms with van der Waals surface area (Å²) in [6, 6.07) is 6.35. The van der Waals surface area contributed by atoms with Crippen molar-refractivity contribution >= 4 is 17.6 Å². The topological polar surface area (TPSA) is 88.5 Å². The van der Waals surface area contributed by atoms with Crippen molar-refractivity contribution in [1.29, 1.82) is 5.26 Å². The van der Waals surface area contributed by atoms with E-state index in [0.717, 1.165) is 49.8 Å². The molecule has 2 bridgehead atoms. The lowest BCUT2D eigenvalue weighted by Crippen LogP contribution is -2.43. The normalized spacial score (nSPS) is 28.0. The van der Waals surface area contributed by atoms with Gasteiger partial charge in [-0.1, -0.05) is 0 Å². The van der Waals surface area contributed by atoms with E-state index in [9.17, 15) is 14.9 Å². The van der Waals surface area contributed by atoms with Gasteiger partial charge in [0.25, 0.3) is 5.91 Å². The van der Waals surface area contributed by atoms with Crippen molar-refractivity contribution in [2.45, 2.75) is 62.7 Å². The van der Waals surface area contributed by atoms with Crippen molar-refractivity contribution in [1.82, 2.24) is 15.5 Å². The largest absolute Gasteiger partial charge is 0.347 e. The third kappa shape index (κ3) is 2.80. The summed E-state index contributed by atoms with van der Waals surface area (Å²) >= 11 is 0. The Bertz CT molecular complexity index is 843. The highest BCUT2D eigenvalue weighted by Crippen LogP contribution is 2.37. The first kappa shape index (κ1) is 16.4. The minimum atomic E-state index is -0.0888. The summed E-state index contributed by atoms with van der Waals surface area (Å²) in [5, 5.41) is 15.4. The van der Waals surface area contributed by atoms with Crippen LogP contribution in [-0.2, 0) is 6.42 Å². The number of benzene rings is 1. The molecular weight excluding hydrogens is 342 g/mol. The smallest absolute Gasteiger partial charge is 0.322 e. The van der Waals surface area contributed by atoms with Gasteiger partial charge in [-0.15, -0.1) is 0 Å². The second kappa shape index (κ2) is 6.15. The van der Waals surface area contributed by atoms with Gasteiger partial charge in [-0.25, -0.2) is 4.79 Å². The molecule has 3 fully saturated rings. The van der Waals surface area contributed by atoms with Crippen molar-refractivity contribution in [3.63, 3.8) is 0 Å². The van der Waals surface area contributed by atoms with E-state index in [2.05, 4.69) is 16.8 Å². The van der Waals surface area contributed by atoms with Crippen LogP contribution in [0.3, 0.4) is 0 Å². The standard InChI is InChI=1S/C20H23N5O2/c21-11-25-15-4-6-18(25)16(10-15)23-19(26)13-1-5-17-12(9-13)7-8-24(17)20(27)22-14-2-3-14/h1,5,9,14-16,18H,2-4,6-8,10H2,(H,22,27)(H,23,26). The number of anilines is 1. The molecule has 3 aliphatic heterocycles. The second-order valence-electron chi connectivity index (χ2n) is 8.09. The Morgan fingerprint density at radius 1 is 1.15 bits per heavy atom. The van der Waals surface area contributed by atoms with Gasteiger partial charge >= 0.3 is 6.03 Å². The zero-order valence-electron chi connectivity index (χ0n) is 15.1. The molecule has 5 rings (SSSR count). The average Bonchev–Trinajstić information content (AvgIpc) is 3.13. The molecule has 1 aliphatic carbocycles. The average molecular weight is 365 g/mol. The number of amides is 3. The monoisotopic (exact) mass is 365 g/mol. The molecule has 3 unspecified atom stereocenters. The zero-order valence-corrected chi connectivity index (χ0v) is 15.1. The Morgan fingerprint density at radius 2 is 2.00 bits per heavy atom. The van der Waals surface area contributed by atoms with Crippen LogP contribution < -0.4 is 15.5 Å². The molecule has 2 saturated heterocycles. The summed E-state index contributed by atoms with van der Waals surface area (Å²) in [7, 11) is 0. The summed E-state index contributed by atoms with van der Waals surface area (Å²) in [6.45, 7) is 0.655. The second-order valence-corrected chi connectivity index (χ2v) is 8.09. The molecule has 0 aromatic heterocycles. The van der Waals surface area contributed by atoms with Crippen LogP contribution in [0.15, 0.2) is 18.2 Å². The molecule has 4 aliphatic rings. The number of urea groups is 1. The maximum absolute atomic E-state index is 12.7. The van der Waals surface area contributed by atoms with Gasteiger partial charge in [0.1, 0.15) is 0 Å². The van der Waals surface area contributed by atoms with Crippen LogP contribution in [0.25, 0.3) is 0 Å². The highest BCUT2D eigenvalue weighted by Gasteiger charge is 2.46. The molecule has 1 aromatic carbocycles. The summed E-state index contributed by atoms with van der Waals surface area (Å²) in [5.74, 6) is -0.0888. The first-order chi connectivity index (χ1) is 13.1. The van der Waals surface area contributed by atoms with Crippen molar-refractivity contribution < 1.29 is 9.59 Å². The molecular formula is C20H23N5O2. The summed E-state index contributed by atoms with van der Waals surface area (Å²) in [6.07, 6.45) is 8.04. The number of carbonyl (C=O) groups is 2. The minimum Gasteiger partial charge on any atom is -0.347 e. The predicted octanol–water partition coefficient (Wildman–Crippen LogP) is 1.74. The third-order valence-corrected chi connectivity index (χ3v) is 6.36. The fraction of sp³-hybridized carbons (Fsp3) is 0.550. The van der Waals surface area contributed by atoms with Crippen molar-refractivity contribution in [2.24, 2.45) is 0 Å². The van der Waals surface area contributed by atoms with E-state index in [1.165, 1.54) is 0 Å². The molecule has 3 amide bonds. The molecule has 7 heteroatoms. The van der Waals surface area contributed by atoms with Gasteiger partial charge < -0.3 is 15.5 Å². The Hall–Kier alpha value is -2.75. The minimum absolute atomic E-state index is 0.0352. The number of fused-ring (bicyclic) bond motifs is 3. The molecule has 3 atom stereocenters. The van der Waals surface area contributed by atoms with Gasteiger partial charge in [-0.05, 0) is 62.3 Å². The molecule has 2 N–H and O–H groups in total. The Kier molecular flexibility index (Phi) is 3.74. The van der Waals surface area contributed by atoms with Crippen LogP contribution >= 0.6 is 0 Å². The molecule has 1 saturated carbocycles. The van der Waals surface area contributed by atoms with Gasteiger partial charge in [0.2, 0.25) is 0 Å². The molecule has 140 valence electrons. The summed E-state index contributed by atoms with van der Waals surface area (Å²) in [5.41, 5.74) is 2.57. The van der Waals surface area contributed by atoms with Gasteiger partial charge in [-0.3, -0.25) is 9.69 Å². The lowest BCUT2D eigenvalue weighted by atomic mass is 9.95. The van der Waals surface area contributed by atoms with Crippen molar-refractivity contribution in [3.8, 4) is 6.19 Å². The molecule has 3 heterocycles. The molecule has 1 aromatic rings. The first-order valence-corrected chi connectivity index (χ1v) is 9.84. The van der Waals surface area contributed by atoms with Gasteiger partial charge in [0.15, 0.2) is 6.19 Å². The number of hydrogen-bond donors (Lipinski definition) is 2. The highest BCUT2D eigenvalue weighted by atomic mass is 16.2. The van der Waals surface area contributed by atoms with Crippen LogP contribution in [0.1, 0.15) is 48.0 Å². The lowest BCUT2D eigenvalue weighted by molar-refractivity contribution is 0.0928. The van der Waals surface area contributed by atoms with Crippen LogP contribution in [0.4, 0.5) is 10.5 Å². The van der Waals surface area contributed by atoms with Crippen LogP contribution in [-0.4, -0.2) is 47.6 Å². The van der Waals surface area contributed by atoms with E-state index < -0.39 is 0 Å². The van der Waals surface area contributed by atoms with Crippen LogP contribution in [0.5, 0.6) is 0 Å². The summed E-state index contributed by atoms with van der Waals surface area (Å²) < 4.78 is 0. The zero-order chi connectivity index (χ0) is 18.5. The maximum atomic E-state index is 12.7. The van der Waals surface area contributed by atoms with E-state index in [1.807, 2.05) is 17.0 Å². The Morgan fingerprint density at radius 3 is 2.74 bits per heavy atom. The summed E-state index contributed by atoms with van der Waals surface area (Å²) in [4.78, 5) is 28.7. The molecule has 0 radical (unpaired) electrons. The Labute approximate surface area is 158 Å². The number of carbonyl (C=O) groups excluding carboxylic acids is 2. The number of nitriles is 1. The molecule has 27 heavy (non-hydrogen) atoms. The van der Waals surface area contributed by atoms with E-state index in [1.54, 1.807) is 11.0 Å². The van der Waals surface area contributed by atoms with E-state index >= 15 is 0 Å². The number of hydrogen-bond acceptors (Lipinski definition) is 4. The first-order valence-electron chi connectivity index (χ1n) is 9.84. The fourth-order valence-electron chi connectivity index (χ4n) is 4.79. The number of nitrogens with one attached hydrogen (secondary N) is 2. The maximum Gasteiger partial charge on any atom is 0.322 e. The molecule has 7 nitrogen and oxygen atoms in total. The number of nitrogens with zero attached hydrogens (tertiary/aromatic N) is 3. The third-order valence-electron chi connectivity index (χ3n) is 6.36. The highest BCUT2D eigenvalue weighted by molar-refractivity contribution is 5.98. The van der Waals surface area contributed by atoms with Crippen molar-refractivity contribution in [2.75, 3.05) is 11.4 Å². The number of rotatable bonds is 3. The quantitative estimate of drug-likeness (QED) is 0.799. The Balaban J connectivity index is 1.27. The van der Waals surface area contributed by atoms with E-state index in [4.69, 9.17) is 0 Å². The SMILES string of the molecule is N#CN1C2CCC1C(NC(=O)c1ccc3c(c1)CCN3C(=O)NC1CC1)C2. The van der Waals surface area contributed by atoms with Gasteiger partial charge in [-0.2, -0.15) is 5.26 Å². The van der Waals surface area contributed by atoms with Gasteiger partial charge in [0, 0.05) is 29.9 Å². The van der Waals surface area contributed by atoms with E-state index in [0.29, 0.717) is 18.2 Å². The van der Waals surface area contributed by atoms with Crippen molar-refractivity contribution in [3.05, 3.63) is 29.3 Å². The van der Waals surface area contributed by atoms with Crippen LogP contribution in [0.2, 0.25) is 0 Å². The van der Waals surface area contributed by atoms with E-state index in [-0.39, 0.29) is 30.1 Å².